The predicted octanol–water partition coefficient (Wildman–Crippen LogP) is -0.530. The van der Waals surface area contributed by atoms with Crippen LogP contribution < -0.4 is 5.32 Å². The van der Waals surface area contributed by atoms with E-state index >= 15 is 0 Å². The van der Waals surface area contributed by atoms with E-state index in [1.807, 2.05) is 11.9 Å². The number of ether oxygens (including phenoxy) is 2. The summed E-state index contributed by atoms with van der Waals surface area (Å²) in [6, 6.07) is 0. The van der Waals surface area contributed by atoms with Crippen molar-refractivity contribution in [2.75, 3.05) is 47.0 Å². The number of carbonyl (C=O) groups is 1. The summed E-state index contributed by atoms with van der Waals surface area (Å²) in [6.07, 6.45) is 0.582. The number of morpholine rings is 1. The van der Waals surface area contributed by atoms with E-state index in [1.54, 1.807) is 7.11 Å². The number of hydrogen-bond donors (Lipinski definition) is 1. The minimum absolute atomic E-state index is 0.0299. The predicted molar refractivity (Wildman–Crippen MR) is 56.7 cm³/mol. The summed E-state index contributed by atoms with van der Waals surface area (Å²) in [4.78, 5) is 13.5. The van der Waals surface area contributed by atoms with Gasteiger partial charge in [0.05, 0.1) is 19.3 Å². The van der Waals surface area contributed by atoms with Crippen molar-refractivity contribution in [1.82, 2.24) is 10.2 Å². The van der Waals surface area contributed by atoms with Gasteiger partial charge in [0.15, 0.2) is 0 Å². The zero-order valence-electron chi connectivity index (χ0n) is 9.49. The van der Waals surface area contributed by atoms with Crippen LogP contribution in [0.5, 0.6) is 0 Å². The molecule has 1 saturated heterocycles. The molecule has 1 heterocycles. The van der Waals surface area contributed by atoms with Crippen LogP contribution in [0.25, 0.3) is 0 Å². The standard InChI is InChI=1S/C10H20N2O3/c1-11-4-3-10(13)12-5-6-15-9(7-12)8-14-2/h9,11H,3-8H2,1-2H3. The maximum absolute atomic E-state index is 11.7. The monoisotopic (exact) mass is 216 g/mol. The summed E-state index contributed by atoms with van der Waals surface area (Å²) in [5.41, 5.74) is 0. The van der Waals surface area contributed by atoms with Crippen molar-refractivity contribution < 1.29 is 14.3 Å². The quantitative estimate of drug-likeness (QED) is 0.671. The van der Waals surface area contributed by atoms with Gasteiger partial charge in [0.2, 0.25) is 5.91 Å². The summed E-state index contributed by atoms with van der Waals surface area (Å²) < 4.78 is 10.5. The molecule has 88 valence electrons. The van der Waals surface area contributed by atoms with Crippen molar-refractivity contribution in [3.8, 4) is 0 Å². The average Bonchev–Trinajstić information content (AvgIpc) is 2.27. The highest BCUT2D eigenvalue weighted by Gasteiger charge is 2.23. The van der Waals surface area contributed by atoms with Crippen LogP contribution >= 0.6 is 0 Å². The molecule has 1 N–H and O–H groups in total. The first kappa shape index (κ1) is 12.4. The molecule has 0 saturated carbocycles. The van der Waals surface area contributed by atoms with Gasteiger partial charge in [-0.2, -0.15) is 0 Å². The SMILES string of the molecule is CNCCC(=O)N1CCOC(COC)C1. The van der Waals surface area contributed by atoms with E-state index in [0.717, 1.165) is 6.54 Å². The van der Waals surface area contributed by atoms with E-state index in [4.69, 9.17) is 9.47 Å². The van der Waals surface area contributed by atoms with Gasteiger partial charge in [0.1, 0.15) is 0 Å². The van der Waals surface area contributed by atoms with Gasteiger partial charge < -0.3 is 19.7 Å². The Kier molecular flexibility index (Phi) is 5.60. The zero-order valence-corrected chi connectivity index (χ0v) is 9.49. The molecule has 5 heteroatoms. The molecule has 1 aliphatic rings. The van der Waals surface area contributed by atoms with Gasteiger partial charge in [-0.15, -0.1) is 0 Å². The second kappa shape index (κ2) is 6.76. The second-order valence-corrected chi connectivity index (χ2v) is 3.64. The first-order valence-corrected chi connectivity index (χ1v) is 5.31. The van der Waals surface area contributed by atoms with Crippen molar-refractivity contribution in [3.63, 3.8) is 0 Å². The molecule has 15 heavy (non-hydrogen) atoms. The Bertz CT molecular complexity index is 197. The van der Waals surface area contributed by atoms with Gasteiger partial charge in [-0.3, -0.25) is 4.79 Å². The molecule has 1 rings (SSSR count). The van der Waals surface area contributed by atoms with Gasteiger partial charge in [0, 0.05) is 33.2 Å². The first-order chi connectivity index (χ1) is 7.27. The topological polar surface area (TPSA) is 50.8 Å². The molecular weight excluding hydrogens is 196 g/mol. The summed E-state index contributed by atoms with van der Waals surface area (Å²) in [5, 5.41) is 2.97. The Morgan fingerprint density at radius 1 is 1.67 bits per heavy atom. The molecule has 1 amide bonds. The minimum atomic E-state index is 0.0299. The van der Waals surface area contributed by atoms with Gasteiger partial charge >= 0.3 is 0 Å². The van der Waals surface area contributed by atoms with E-state index in [-0.39, 0.29) is 12.0 Å². The van der Waals surface area contributed by atoms with E-state index in [0.29, 0.717) is 32.7 Å². The van der Waals surface area contributed by atoms with E-state index < -0.39 is 0 Å². The maximum atomic E-state index is 11.7. The molecule has 1 fully saturated rings. The number of rotatable bonds is 5. The Morgan fingerprint density at radius 2 is 2.47 bits per heavy atom. The zero-order chi connectivity index (χ0) is 11.1. The summed E-state index contributed by atoms with van der Waals surface area (Å²) >= 11 is 0. The lowest BCUT2D eigenvalue weighted by Gasteiger charge is -2.32. The van der Waals surface area contributed by atoms with Crippen molar-refractivity contribution in [1.29, 1.82) is 0 Å². The molecule has 0 aliphatic carbocycles. The lowest BCUT2D eigenvalue weighted by molar-refractivity contribution is -0.140. The van der Waals surface area contributed by atoms with Gasteiger partial charge in [-0.05, 0) is 7.05 Å². The number of nitrogens with one attached hydrogen (secondary N) is 1. The fourth-order valence-corrected chi connectivity index (χ4v) is 1.62. The number of amides is 1. The molecule has 1 aliphatic heterocycles. The molecule has 1 unspecified atom stereocenters. The van der Waals surface area contributed by atoms with E-state index in [1.165, 1.54) is 0 Å². The van der Waals surface area contributed by atoms with E-state index in [2.05, 4.69) is 5.32 Å². The molecule has 0 bridgehead atoms. The van der Waals surface area contributed by atoms with Gasteiger partial charge in [-0.25, -0.2) is 0 Å². The van der Waals surface area contributed by atoms with Crippen molar-refractivity contribution in [2.45, 2.75) is 12.5 Å². The summed E-state index contributed by atoms with van der Waals surface area (Å²) in [7, 11) is 3.49. The number of methoxy groups -OCH3 is 1. The van der Waals surface area contributed by atoms with Crippen LogP contribution in [-0.4, -0.2) is 63.9 Å². The lowest BCUT2D eigenvalue weighted by atomic mass is 10.2. The Balaban J connectivity index is 2.31. The summed E-state index contributed by atoms with van der Waals surface area (Å²) in [6.45, 7) is 3.24. The fraction of sp³-hybridized carbons (Fsp3) is 0.900. The van der Waals surface area contributed by atoms with Gasteiger partial charge in [-0.1, -0.05) is 0 Å². The molecule has 0 spiro atoms. The summed E-state index contributed by atoms with van der Waals surface area (Å²) in [5.74, 6) is 0.189. The van der Waals surface area contributed by atoms with Gasteiger partial charge in [0.25, 0.3) is 0 Å². The van der Waals surface area contributed by atoms with Crippen LogP contribution in [-0.2, 0) is 14.3 Å². The van der Waals surface area contributed by atoms with Crippen LogP contribution in [0.2, 0.25) is 0 Å². The van der Waals surface area contributed by atoms with Crippen molar-refractivity contribution in [3.05, 3.63) is 0 Å². The molecule has 0 aromatic rings. The molecule has 0 radical (unpaired) electrons. The normalized spacial score (nSPS) is 21.7. The highest BCUT2D eigenvalue weighted by atomic mass is 16.5. The third-order valence-corrected chi connectivity index (χ3v) is 2.43. The van der Waals surface area contributed by atoms with Crippen molar-refractivity contribution in [2.24, 2.45) is 0 Å². The van der Waals surface area contributed by atoms with Crippen LogP contribution in [0.1, 0.15) is 6.42 Å². The first-order valence-electron chi connectivity index (χ1n) is 5.31. The Morgan fingerprint density at radius 3 is 3.13 bits per heavy atom. The molecule has 1 atom stereocenters. The van der Waals surface area contributed by atoms with Crippen LogP contribution in [0.4, 0.5) is 0 Å². The second-order valence-electron chi connectivity index (χ2n) is 3.64. The van der Waals surface area contributed by atoms with Crippen molar-refractivity contribution >= 4 is 5.91 Å². The van der Waals surface area contributed by atoms with Crippen LogP contribution in [0.15, 0.2) is 0 Å². The highest BCUT2D eigenvalue weighted by Crippen LogP contribution is 2.06. The lowest BCUT2D eigenvalue weighted by Crippen LogP contribution is -2.47. The van der Waals surface area contributed by atoms with Crippen LogP contribution in [0.3, 0.4) is 0 Å². The van der Waals surface area contributed by atoms with E-state index in [9.17, 15) is 4.79 Å². The fourth-order valence-electron chi connectivity index (χ4n) is 1.62. The Labute approximate surface area is 90.7 Å². The number of nitrogens with zero attached hydrogens (tertiary/aromatic N) is 1. The average molecular weight is 216 g/mol. The maximum Gasteiger partial charge on any atom is 0.224 e. The largest absolute Gasteiger partial charge is 0.382 e. The highest BCUT2D eigenvalue weighted by molar-refractivity contribution is 5.76. The van der Waals surface area contributed by atoms with Crippen LogP contribution in [0, 0.1) is 0 Å². The molecule has 0 aromatic heterocycles. The smallest absolute Gasteiger partial charge is 0.224 e. The third-order valence-electron chi connectivity index (χ3n) is 2.43. The molecular formula is C10H20N2O3. The number of carbonyl (C=O) groups excluding carboxylic acids is 1. The third kappa shape index (κ3) is 4.15. The number of hydrogen-bond acceptors (Lipinski definition) is 4. The minimum Gasteiger partial charge on any atom is -0.382 e. The Hall–Kier alpha value is -0.650. The molecule has 0 aromatic carbocycles. The molecule has 5 nitrogen and oxygen atoms in total.